The number of hydrogen-bond donors (Lipinski definition) is 6. The van der Waals surface area contributed by atoms with Crippen molar-refractivity contribution < 1.29 is 29.1 Å². The molecular formula is C19H33N5O6S. The summed E-state index contributed by atoms with van der Waals surface area (Å²) in [6.45, 7) is 4.06. The lowest BCUT2D eigenvalue weighted by atomic mass is 10.0. The Labute approximate surface area is 187 Å². The summed E-state index contributed by atoms with van der Waals surface area (Å²) in [4.78, 5) is 61.5. The van der Waals surface area contributed by atoms with Crippen LogP contribution >= 0.6 is 12.6 Å². The Bertz CT molecular complexity index is 689. The number of amides is 4. The van der Waals surface area contributed by atoms with Crippen molar-refractivity contribution in [3.8, 4) is 0 Å². The van der Waals surface area contributed by atoms with Crippen LogP contribution in [0.2, 0.25) is 0 Å². The lowest BCUT2D eigenvalue weighted by molar-refractivity contribution is -0.149. The molecule has 0 aliphatic carbocycles. The lowest BCUT2D eigenvalue weighted by Crippen LogP contribution is -2.58. The maximum absolute atomic E-state index is 13.0. The van der Waals surface area contributed by atoms with Gasteiger partial charge < -0.3 is 32.1 Å². The van der Waals surface area contributed by atoms with Gasteiger partial charge in [-0.2, -0.15) is 12.6 Å². The first-order chi connectivity index (χ1) is 14.5. The highest BCUT2D eigenvalue weighted by Gasteiger charge is 2.38. The quantitative estimate of drug-likeness (QED) is 0.194. The van der Waals surface area contributed by atoms with Crippen LogP contribution in [0.5, 0.6) is 0 Å². The van der Waals surface area contributed by atoms with E-state index in [0.29, 0.717) is 25.8 Å². The van der Waals surface area contributed by atoms with Gasteiger partial charge in [0, 0.05) is 18.7 Å². The molecule has 31 heavy (non-hydrogen) atoms. The van der Waals surface area contributed by atoms with Crippen LogP contribution in [0.4, 0.5) is 0 Å². The molecule has 1 aliphatic rings. The average Bonchev–Trinajstić information content (AvgIpc) is 3.18. The Hall–Kier alpha value is -2.34. The number of aliphatic carboxylic acids is 1. The summed E-state index contributed by atoms with van der Waals surface area (Å²) in [5, 5.41) is 14.4. The van der Waals surface area contributed by atoms with Crippen LogP contribution in [-0.4, -0.2) is 76.1 Å². The summed E-state index contributed by atoms with van der Waals surface area (Å²) >= 11 is 4.09. The number of likely N-dealkylation sites (tertiary alicyclic amines) is 1. The van der Waals surface area contributed by atoms with Gasteiger partial charge in [-0.15, -0.1) is 0 Å². The summed E-state index contributed by atoms with van der Waals surface area (Å²) in [6, 6.07) is -3.94. The Morgan fingerprint density at radius 2 is 1.74 bits per heavy atom. The van der Waals surface area contributed by atoms with Gasteiger partial charge in [0.05, 0.1) is 6.04 Å². The molecule has 0 radical (unpaired) electrons. The zero-order valence-electron chi connectivity index (χ0n) is 17.9. The van der Waals surface area contributed by atoms with Gasteiger partial charge in [0.2, 0.25) is 23.6 Å². The van der Waals surface area contributed by atoms with Gasteiger partial charge in [-0.1, -0.05) is 13.8 Å². The molecule has 0 saturated carbocycles. The van der Waals surface area contributed by atoms with E-state index in [-0.39, 0.29) is 24.5 Å². The maximum Gasteiger partial charge on any atom is 0.326 e. The van der Waals surface area contributed by atoms with Crippen LogP contribution in [-0.2, 0) is 24.0 Å². The Balaban J connectivity index is 2.84. The number of nitrogens with one attached hydrogen (secondary N) is 2. The summed E-state index contributed by atoms with van der Waals surface area (Å²) in [5.74, 6) is -3.41. The Morgan fingerprint density at radius 3 is 2.26 bits per heavy atom. The van der Waals surface area contributed by atoms with Crippen molar-refractivity contribution in [3.63, 3.8) is 0 Å². The van der Waals surface area contributed by atoms with E-state index in [9.17, 15) is 29.1 Å². The maximum atomic E-state index is 13.0. The molecule has 12 heteroatoms. The van der Waals surface area contributed by atoms with E-state index >= 15 is 0 Å². The van der Waals surface area contributed by atoms with Crippen molar-refractivity contribution in [2.24, 2.45) is 17.4 Å². The molecule has 1 rings (SSSR count). The predicted octanol–water partition coefficient (Wildman–Crippen LogP) is -1.40. The number of nitrogens with zero attached hydrogens (tertiary/aromatic N) is 1. The minimum atomic E-state index is -1.08. The zero-order valence-corrected chi connectivity index (χ0v) is 18.8. The zero-order chi connectivity index (χ0) is 23.7. The van der Waals surface area contributed by atoms with E-state index in [2.05, 4.69) is 23.3 Å². The van der Waals surface area contributed by atoms with Crippen molar-refractivity contribution >= 4 is 42.2 Å². The molecule has 7 N–H and O–H groups in total. The summed E-state index contributed by atoms with van der Waals surface area (Å²) in [6.07, 6.45) is 1.20. The minimum Gasteiger partial charge on any atom is -0.480 e. The van der Waals surface area contributed by atoms with Crippen molar-refractivity contribution in [1.82, 2.24) is 15.5 Å². The first-order valence-electron chi connectivity index (χ1n) is 10.3. The van der Waals surface area contributed by atoms with E-state index in [1.165, 1.54) is 4.90 Å². The van der Waals surface area contributed by atoms with Crippen molar-refractivity contribution in [2.45, 2.75) is 70.1 Å². The second-order valence-electron chi connectivity index (χ2n) is 8.07. The van der Waals surface area contributed by atoms with Gasteiger partial charge in [-0.05, 0) is 31.6 Å². The average molecular weight is 460 g/mol. The molecule has 1 saturated heterocycles. The molecule has 0 aromatic heterocycles. The molecule has 0 aromatic carbocycles. The molecule has 4 amide bonds. The minimum absolute atomic E-state index is 0.0298. The van der Waals surface area contributed by atoms with Crippen molar-refractivity contribution in [2.75, 3.05) is 12.3 Å². The molecule has 1 aliphatic heterocycles. The second kappa shape index (κ2) is 12.5. The number of rotatable bonds is 12. The van der Waals surface area contributed by atoms with E-state index in [4.69, 9.17) is 11.5 Å². The largest absolute Gasteiger partial charge is 0.480 e. The SMILES string of the molecule is CC(C)CC(NC(=O)C(CS)NC(=O)C(N)CCC(N)=O)C(=O)N1CCCC1C(=O)O. The molecule has 1 heterocycles. The molecule has 11 nitrogen and oxygen atoms in total. The third-order valence-electron chi connectivity index (χ3n) is 5.00. The summed E-state index contributed by atoms with van der Waals surface area (Å²) in [7, 11) is 0. The number of primary amides is 1. The fraction of sp³-hybridized carbons (Fsp3) is 0.737. The van der Waals surface area contributed by atoms with Crippen LogP contribution in [0.1, 0.15) is 46.0 Å². The number of carboxylic acids is 1. The fourth-order valence-electron chi connectivity index (χ4n) is 3.35. The highest BCUT2D eigenvalue weighted by molar-refractivity contribution is 7.80. The molecule has 0 spiro atoms. The van der Waals surface area contributed by atoms with Gasteiger partial charge in [0.15, 0.2) is 0 Å². The third kappa shape index (κ3) is 8.37. The first-order valence-corrected chi connectivity index (χ1v) is 10.9. The smallest absolute Gasteiger partial charge is 0.326 e. The van der Waals surface area contributed by atoms with Crippen LogP contribution in [0.15, 0.2) is 0 Å². The van der Waals surface area contributed by atoms with E-state index in [0.717, 1.165) is 0 Å². The highest BCUT2D eigenvalue weighted by atomic mass is 32.1. The first kappa shape index (κ1) is 26.7. The van der Waals surface area contributed by atoms with E-state index in [1.54, 1.807) is 0 Å². The highest BCUT2D eigenvalue weighted by Crippen LogP contribution is 2.20. The Morgan fingerprint density at radius 1 is 1.13 bits per heavy atom. The summed E-state index contributed by atoms with van der Waals surface area (Å²) < 4.78 is 0. The van der Waals surface area contributed by atoms with Crippen LogP contribution in [0.25, 0.3) is 0 Å². The van der Waals surface area contributed by atoms with Gasteiger partial charge in [-0.3, -0.25) is 19.2 Å². The molecule has 4 atom stereocenters. The number of carbonyl (C=O) groups is 5. The van der Waals surface area contributed by atoms with Gasteiger partial charge in [0.25, 0.3) is 0 Å². The van der Waals surface area contributed by atoms with E-state index < -0.39 is 53.8 Å². The summed E-state index contributed by atoms with van der Waals surface area (Å²) in [5.41, 5.74) is 10.8. The van der Waals surface area contributed by atoms with Crippen molar-refractivity contribution in [1.29, 1.82) is 0 Å². The molecular weight excluding hydrogens is 426 g/mol. The third-order valence-corrected chi connectivity index (χ3v) is 5.36. The van der Waals surface area contributed by atoms with E-state index in [1.807, 2.05) is 13.8 Å². The molecule has 4 unspecified atom stereocenters. The van der Waals surface area contributed by atoms with Gasteiger partial charge in [-0.25, -0.2) is 4.79 Å². The predicted molar refractivity (Wildman–Crippen MR) is 116 cm³/mol. The van der Waals surface area contributed by atoms with Gasteiger partial charge in [0.1, 0.15) is 18.1 Å². The van der Waals surface area contributed by atoms with Gasteiger partial charge >= 0.3 is 5.97 Å². The molecule has 1 fully saturated rings. The van der Waals surface area contributed by atoms with Crippen LogP contribution in [0, 0.1) is 5.92 Å². The number of nitrogens with two attached hydrogens (primary N) is 2. The molecule has 0 aromatic rings. The monoisotopic (exact) mass is 459 g/mol. The normalized spacial score (nSPS) is 18.9. The fourth-order valence-corrected chi connectivity index (χ4v) is 3.61. The number of thiol groups is 1. The topological polar surface area (TPSA) is 185 Å². The van der Waals surface area contributed by atoms with Crippen LogP contribution in [0.3, 0.4) is 0 Å². The molecule has 0 bridgehead atoms. The Kier molecular flexibility index (Phi) is 10.8. The molecule has 176 valence electrons. The standard InChI is InChI=1S/C19H33N5O6S/c1-10(2)8-12(18(28)24-7-3-4-14(24)19(29)30)22-17(27)13(9-31)23-16(26)11(20)5-6-15(21)25/h10-14,31H,3-9,20H2,1-2H3,(H2,21,25)(H,22,27)(H,23,26)(H,29,30). The number of carbonyl (C=O) groups excluding carboxylic acids is 4. The van der Waals surface area contributed by atoms with Crippen LogP contribution < -0.4 is 22.1 Å². The number of hydrogen-bond acceptors (Lipinski definition) is 7. The lowest BCUT2D eigenvalue weighted by Gasteiger charge is -2.29. The second-order valence-corrected chi connectivity index (χ2v) is 8.44. The number of carboxylic acid groups (broad SMARTS) is 1. The van der Waals surface area contributed by atoms with Crippen molar-refractivity contribution in [3.05, 3.63) is 0 Å².